The Kier molecular flexibility index (Phi) is 4.99. The molecule has 2 aliphatic heterocycles. The second-order valence-corrected chi connectivity index (χ2v) is 8.60. The molecule has 2 nitrogen and oxygen atoms in total. The third-order valence-electron chi connectivity index (χ3n) is 6.05. The van der Waals surface area contributed by atoms with Gasteiger partial charge in [0.05, 0.1) is 5.60 Å². The average molecular weight is 298 g/mol. The van der Waals surface area contributed by atoms with Crippen LogP contribution in [0.3, 0.4) is 0 Å². The van der Waals surface area contributed by atoms with E-state index in [2.05, 4.69) is 30.9 Å². The van der Waals surface area contributed by atoms with Gasteiger partial charge in [0.25, 0.3) is 0 Å². The zero-order valence-electron chi connectivity index (χ0n) is 13.2. The first-order valence-electron chi connectivity index (χ1n) is 8.66. The fraction of sp³-hybridized carbons (Fsp3) is 1.00. The predicted molar refractivity (Wildman–Crippen MR) is 87.4 cm³/mol. The third kappa shape index (κ3) is 3.36. The van der Waals surface area contributed by atoms with Gasteiger partial charge in [0.1, 0.15) is 0 Å². The molecule has 20 heavy (non-hydrogen) atoms. The van der Waals surface area contributed by atoms with Crippen molar-refractivity contribution in [1.82, 2.24) is 5.32 Å². The number of nitrogens with one attached hydrogen (secondary N) is 1. The van der Waals surface area contributed by atoms with Crippen molar-refractivity contribution in [3.63, 3.8) is 0 Å². The smallest absolute Gasteiger partial charge is 0.0713 e. The molecule has 1 saturated carbocycles. The summed E-state index contributed by atoms with van der Waals surface area (Å²) in [6, 6.07) is 1.45. The van der Waals surface area contributed by atoms with Gasteiger partial charge in [-0.3, -0.25) is 0 Å². The largest absolute Gasteiger partial charge is 0.375 e. The summed E-state index contributed by atoms with van der Waals surface area (Å²) in [4.78, 5) is 0. The van der Waals surface area contributed by atoms with Crippen molar-refractivity contribution in [3.05, 3.63) is 0 Å². The Labute approximate surface area is 128 Å². The molecule has 1 spiro atoms. The normalized spacial score (nSPS) is 41.7. The summed E-state index contributed by atoms with van der Waals surface area (Å²) in [5.41, 5.74) is 0.227. The maximum atomic E-state index is 6.22. The molecular formula is C17H31NOS. The zero-order valence-corrected chi connectivity index (χ0v) is 14.0. The molecule has 0 aromatic carbocycles. The molecule has 2 heterocycles. The zero-order chi connectivity index (χ0) is 14.0. The van der Waals surface area contributed by atoms with Crippen LogP contribution in [0.4, 0.5) is 0 Å². The Morgan fingerprint density at radius 3 is 2.70 bits per heavy atom. The van der Waals surface area contributed by atoms with Gasteiger partial charge < -0.3 is 10.1 Å². The van der Waals surface area contributed by atoms with Crippen LogP contribution in [0.1, 0.15) is 58.8 Å². The van der Waals surface area contributed by atoms with E-state index in [4.69, 9.17) is 4.74 Å². The molecule has 0 aromatic rings. The summed E-state index contributed by atoms with van der Waals surface area (Å²) in [7, 11) is 0. The van der Waals surface area contributed by atoms with Crippen molar-refractivity contribution >= 4 is 11.8 Å². The highest BCUT2D eigenvalue weighted by Gasteiger charge is 2.40. The van der Waals surface area contributed by atoms with Crippen molar-refractivity contribution in [2.45, 2.75) is 76.5 Å². The number of hydrogen-bond acceptors (Lipinski definition) is 3. The second kappa shape index (κ2) is 6.58. The van der Waals surface area contributed by atoms with E-state index in [1.807, 2.05) is 0 Å². The van der Waals surface area contributed by atoms with E-state index in [0.29, 0.717) is 6.04 Å². The fourth-order valence-electron chi connectivity index (χ4n) is 4.38. The first-order valence-corrected chi connectivity index (χ1v) is 9.82. The van der Waals surface area contributed by atoms with Gasteiger partial charge in [0.15, 0.2) is 0 Å². The molecule has 2 saturated heterocycles. The predicted octanol–water partition coefficient (Wildman–Crippen LogP) is 3.85. The lowest BCUT2D eigenvalue weighted by atomic mass is 9.77. The van der Waals surface area contributed by atoms with E-state index < -0.39 is 0 Å². The standard InChI is InChI=1S/C17H31NOS/c1-13-4-3-5-16(14(13)2)18-15-6-9-19-17(12-15)7-10-20-11-8-17/h13-16,18H,3-12H2,1-2H3. The van der Waals surface area contributed by atoms with E-state index in [-0.39, 0.29) is 5.60 Å². The van der Waals surface area contributed by atoms with E-state index >= 15 is 0 Å². The molecule has 1 aliphatic carbocycles. The van der Waals surface area contributed by atoms with E-state index in [0.717, 1.165) is 24.5 Å². The van der Waals surface area contributed by atoms with Crippen LogP contribution >= 0.6 is 11.8 Å². The van der Waals surface area contributed by atoms with Gasteiger partial charge in [0, 0.05) is 18.7 Å². The minimum Gasteiger partial charge on any atom is -0.375 e. The molecule has 4 unspecified atom stereocenters. The maximum Gasteiger partial charge on any atom is 0.0713 e. The molecule has 0 aromatic heterocycles. The fourth-order valence-corrected chi connectivity index (χ4v) is 5.62. The van der Waals surface area contributed by atoms with Gasteiger partial charge in [-0.05, 0) is 55.4 Å². The van der Waals surface area contributed by atoms with Crippen molar-refractivity contribution < 1.29 is 4.74 Å². The lowest BCUT2D eigenvalue weighted by Crippen LogP contribution is -2.53. The van der Waals surface area contributed by atoms with Crippen molar-refractivity contribution in [2.75, 3.05) is 18.1 Å². The molecule has 4 atom stereocenters. The molecule has 0 radical (unpaired) electrons. The first-order chi connectivity index (χ1) is 9.69. The molecule has 0 amide bonds. The van der Waals surface area contributed by atoms with E-state index in [1.54, 1.807) is 0 Å². The van der Waals surface area contributed by atoms with Gasteiger partial charge in [-0.2, -0.15) is 11.8 Å². The number of hydrogen-bond donors (Lipinski definition) is 1. The summed E-state index contributed by atoms with van der Waals surface area (Å²) < 4.78 is 6.22. The number of rotatable bonds is 2. The van der Waals surface area contributed by atoms with Crippen molar-refractivity contribution in [1.29, 1.82) is 0 Å². The topological polar surface area (TPSA) is 21.3 Å². The Hall–Kier alpha value is 0.270. The van der Waals surface area contributed by atoms with Gasteiger partial charge in [-0.25, -0.2) is 0 Å². The van der Waals surface area contributed by atoms with Gasteiger partial charge in [-0.1, -0.05) is 26.7 Å². The molecule has 3 fully saturated rings. The summed E-state index contributed by atoms with van der Waals surface area (Å²) >= 11 is 2.10. The van der Waals surface area contributed by atoms with Gasteiger partial charge >= 0.3 is 0 Å². The highest BCUT2D eigenvalue weighted by molar-refractivity contribution is 7.99. The highest BCUT2D eigenvalue weighted by atomic mass is 32.2. The van der Waals surface area contributed by atoms with E-state index in [1.165, 1.54) is 56.5 Å². The number of ether oxygens (including phenoxy) is 1. The van der Waals surface area contributed by atoms with Crippen molar-refractivity contribution in [3.8, 4) is 0 Å². The molecule has 3 rings (SSSR count). The molecule has 116 valence electrons. The lowest BCUT2D eigenvalue weighted by Gasteiger charge is -2.45. The lowest BCUT2D eigenvalue weighted by molar-refractivity contribution is -0.0954. The molecule has 0 bridgehead atoms. The minimum atomic E-state index is 0.227. The Balaban J connectivity index is 1.57. The Bertz CT molecular complexity index is 311. The minimum absolute atomic E-state index is 0.227. The second-order valence-electron chi connectivity index (χ2n) is 7.37. The van der Waals surface area contributed by atoms with Crippen LogP contribution < -0.4 is 5.32 Å². The molecule has 3 aliphatic rings. The third-order valence-corrected chi connectivity index (χ3v) is 7.04. The highest BCUT2D eigenvalue weighted by Crippen LogP contribution is 2.38. The van der Waals surface area contributed by atoms with Crippen LogP contribution in [-0.4, -0.2) is 35.8 Å². The first kappa shape index (κ1) is 15.2. The van der Waals surface area contributed by atoms with Crippen LogP contribution in [0.5, 0.6) is 0 Å². The number of thioether (sulfide) groups is 1. The van der Waals surface area contributed by atoms with Crippen molar-refractivity contribution in [2.24, 2.45) is 11.8 Å². The van der Waals surface area contributed by atoms with Crippen LogP contribution in [-0.2, 0) is 4.74 Å². The van der Waals surface area contributed by atoms with E-state index in [9.17, 15) is 0 Å². The van der Waals surface area contributed by atoms with Gasteiger partial charge in [-0.15, -0.1) is 0 Å². The summed E-state index contributed by atoms with van der Waals surface area (Å²) in [5.74, 6) is 4.32. The summed E-state index contributed by atoms with van der Waals surface area (Å²) in [6.45, 7) is 5.86. The Morgan fingerprint density at radius 2 is 1.90 bits per heavy atom. The van der Waals surface area contributed by atoms with Crippen LogP contribution in [0.2, 0.25) is 0 Å². The molecule has 3 heteroatoms. The summed E-state index contributed by atoms with van der Waals surface area (Å²) in [6.07, 6.45) is 9.23. The quantitative estimate of drug-likeness (QED) is 0.836. The van der Waals surface area contributed by atoms with Crippen LogP contribution in [0.15, 0.2) is 0 Å². The molecule has 1 N–H and O–H groups in total. The SMILES string of the molecule is CC1CCCC(NC2CCOC3(CCSCC3)C2)C1C. The Morgan fingerprint density at radius 1 is 1.10 bits per heavy atom. The van der Waals surface area contributed by atoms with Crippen LogP contribution in [0.25, 0.3) is 0 Å². The van der Waals surface area contributed by atoms with Gasteiger partial charge in [0.2, 0.25) is 0 Å². The molecular weight excluding hydrogens is 266 g/mol. The summed E-state index contributed by atoms with van der Waals surface area (Å²) in [5, 5.41) is 4.02. The maximum absolute atomic E-state index is 6.22. The monoisotopic (exact) mass is 297 g/mol. The van der Waals surface area contributed by atoms with Crippen LogP contribution in [0, 0.1) is 11.8 Å². The average Bonchev–Trinajstić information content (AvgIpc) is 2.45.